The number of carbonyl (C=O) groups excluding carboxylic acids is 1. The van der Waals surface area contributed by atoms with Gasteiger partial charge in [-0.15, -0.1) is 0 Å². The lowest BCUT2D eigenvalue weighted by atomic mass is 9.69. The summed E-state index contributed by atoms with van der Waals surface area (Å²) in [7, 11) is 1.69. The Balaban J connectivity index is 2.02. The Morgan fingerprint density at radius 1 is 1.38 bits per heavy atom. The van der Waals surface area contributed by atoms with Crippen molar-refractivity contribution in [3.63, 3.8) is 0 Å². The summed E-state index contributed by atoms with van der Waals surface area (Å²) in [6, 6.07) is 0.513. The third kappa shape index (κ3) is 1.48. The van der Waals surface area contributed by atoms with Gasteiger partial charge in [0.25, 0.3) is 0 Å². The maximum absolute atomic E-state index is 11.3. The Hall–Kier alpha value is -0.570. The molecule has 2 fully saturated rings. The molecule has 1 amide bonds. The number of rotatable bonds is 3. The summed E-state index contributed by atoms with van der Waals surface area (Å²) in [4.78, 5) is 11.3. The second kappa shape index (κ2) is 3.73. The quantitative estimate of drug-likeness (QED) is 0.763. The van der Waals surface area contributed by atoms with Crippen molar-refractivity contribution < 1.29 is 4.79 Å². The van der Waals surface area contributed by atoms with Crippen LogP contribution in [0.15, 0.2) is 0 Å². The first-order valence-electron chi connectivity index (χ1n) is 6.36. The highest BCUT2D eigenvalue weighted by molar-refractivity contribution is 5.77. The first-order chi connectivity index (χ1) is 7.41. The van der Waals surface area contributed by atoms with Gasteiger partial charge in [-0.25, -0.2) is 0 Å². The van der Waals surface area contributed by atoms with Gasteiger partial charge in [-0.3, -0.25) is 4.79 Å². The molecule has 2 saturated carbocycles. The molecule has 16 heavy (non-hydrogen) atoms. The van der Waals surface area contributed by atoms with E-state index in [0.29, 0.717) is 23.4 Å². The van der Waals surface area contributed by atoms with E-state index in [0.717, 1.165) is 5.92 Å². The SMILES string of the molecule is CNC(=O)CNC1C[C@@H]2CC[C@@]1(C)C2(C)C. The molecule has 2 rings (SSSR count). The highest BCUT2D eigenvalue weighted by Crippen LogP contribution is 2.65. The zero-order valence-electron chi connectivity index (χ0n) is 10.9. The molecule has 2 aliphatic carbocycles. The van der Waals surface area contributed by atoms with E-state index in [1.54, 1.807) is 7.05 Å². The van der Waals surface area contributed by atoms with Crippen molar-refractivity contribution in [3.05, 3.63) is 0 Å². The minimum absolute atomic E-state index is 0.0872. The predicted octanol–water partition coefficient (Wildman–Crippen LogP) is 1.54. The fourth-order valence-corrected chi connectivity index (χ4v) is 3.82. The van der Waals surface area contributed by atoms with Crippen LogP contribution in [0.1, 0.15) is 40.0 Å². The van der Waals surface area contributed by atoms with Crippen molar-refractivity contribution in [2.75, 3.05) is 13.6 Å². The fraction of sp³-hybridized carbons (Fsp3) is 0.923. The highest BCUT2D eigenvalue weighted by atomic mass is 16.1. The van der Waals surface area contributed by atoms with Gasteiger partial charge in [-0.1, -0.05) is 20.8 Å². The summed E-state index contributed by atoms with van der Waals surface area (Å²) in [6.07, 6.45) is 3.90. The molecule has 92 valence electrons. The van der Waals surface area contributed by atoms with Crippen molar-refractivity contribution >= 4 is 5.91 Å². The molecule has 0 heterocycles. The van der Waals surface area contributed by atoms with Crippen LogP contribution in [0.3, 0.4) is 0 Å². The van der Waals surface area contributed by atoms with Crippen LogP contribution in [-0.2, 0) is 4.79 Å². The number of fused-ring (bicyclic) bond motifs is 2. The van der Waals surface area contributed by atoms with Crippen LogP contribution in [-0.4, -0.2) is 25.5 Å². The lowest BCUT2D eigenvalue weighted by Crippen LogP contribution is -2.47. The lowest BCUT2D eigenvalue weighted by molar-refractivity contribution is -0.120. The normalized spacial score (nSPS) is 40.0. The molecular weight excluding hydrogens is 200 g/mol. The zero-order valence-corrected chi connectivity index (χ0v) is 10.9. The molecule has 0 aromatic heterocycles. The van der Waals surface area contributed by atoms with E-state index in [9.17, 15) is 4.79 Å². The number of nitrogens with one attached hydrogen (secondary N) is 2. The number of hydrogen-bond donors (Lipinski definition) is 2. The Labute approximate surface area is 98.4 Å². The maximum atomic E-state index is 11.3. The molecule has 0 radical (unpaired) electrons. The van der Waals surface area contributed by atoms with E-state index in [1.807, 2.05) is 0 Å². The molecule has 0 saturated heterocycles. The third-order valence-electron chi connectivity index (χ3n) is 5.58. The third-order valence-corrected chi connectivity index (χ3v) is 5.58. The molecule has 2 N–H and O–H groups in total. The van der Waals surface area contributed by atoms with Crippen molar-refractivity contribution in [2.45, 2.75) is 46.1 Å². The van der Waals surface area contributed by atoms with E-state index in [1.165, 1.54) is 19.3 Å². The van der Waals surface area contributed by atoms with E-state index < -0.39 is 0 Å². The average molecular weight is 224 g/mol. The van der Waals surface area contributed by atoms with Crippen LogP contribution >= 0.6 is 0 Å². The molecule has 0 aromatic rings. The van der Waals surface area contributed by atoms with Crippen molar-refractivity contribution in [1.82, 2.24) is 10.6 Å². The summed E-state index contributed by atoms with van der Waals surface area (Å²) < 4.78 is 0. The van der Waals surface area contributed by atoms with Crippen molar-refractivity contribution in [2.24, 2.45) is 16.7 Å². The van der Waals surface area contributed by atoms with Crippen molar-refractivity contribution in [1.29, 1.82) is 0 Å². The van der Waals surface area contributed by atoms with Crippen LogP contribution < -0.4 is 10.6 Å². The number of likely N-dealkylation sites (N-methyl/N-ethyl adjacent to an activating group) is 1. The van der Waals surface area contributed by atoms with Gasteiger partial charge in [-0.2, -0.15) is 0 Å². The zero-order chi connectivity index (χ0) is 12.0. The summed E-state index contributed by atoms with van der Waals surface area (Å²) in [5.41, 5.74) is 0.791. The van der Waals surface area contributed by atoms with E-state index in [-0.39, 0.29) is 5.91 Å². The largest absolute Gasteiger partial charge is 0.358 e. The maximum Gasteiger partial charge on any atom is 0.233 e. The Morgan fingerprint density at radius 3 is 2.50 bits per heavy atom. The van der Waals surface area contributed by atoms with Crippen molar-refractivity contribution in [3.8, 4) is 0 Å². The average Bonchev–Trinajstić information content (AvgIpc) is 2.58. The molecule has 1 unspecified atom stereocenters. The van der Waals surface area contributed by atoms with Crippen LogP contribution in [0.25, 0.3) is 0 Å². The van der Waals surface area contributed by atoms with Gasteiger partial charge in [0.2, 0.25) is 5.91 Å². The first-order valence-corrected chi connectivity index (χ1v) is 6.36. The van der Waals surface area contributed by atoms with Gasteiger partial charge in [0.05, 0.1) is 6.54 Å². The second-order valence-corrected chi connectivity index (χ2v) is 6.22. The number of carbonyl (C=O) groups is 1. The predicted molar refractivity (Wildman–Crippen MR) is 65.1 cm³/mol. The molecule has 3 nitrogen and oxygen atoms in total. The molecule has 3 atom stereocenters. The molecule has 0 aromatic carbocycles. The molecular formula is C13H24N2O. The van der Waals surface area contributed by atoms with E-state index in [2.05, 4.69) is 31.4 Å². The van der Waals surface area contributed by atoms with Gasteiger partial charge in [0.15, 0.2) is 0 Å². The fourth-order valence-electron chi connectivity index (χ4n) is 3.82. The molecule has 0 spiro atoms. The topological polar surface area (TPSA) is 41.1 Å². The van der Waals surface area contributed by atoms with Crippen LogP contribution in [0.5, 0.6) is 0 Å². The first kappa shape index (κ1) is 11.9. The van der Waals surface area contributed by atoms with Crippen LogP contribution in [0.2, 0.25) is 0 Å². The van der Waals surface area contributed by atoms with Gasteiger partial charge in [0, 0.05) is 13.1 Å². The van der Waals surface area contributed by atoms with Crippen LogP contribution in [0, 0.1) is 16.7 Å². The van der Waals surface area contributed by atoms with Gasteiger partial charge in [-0.05, 0) is 36.0 Å². The van der Waals surface area contributed by atoms with E-state index >= 15 is 0 Å². The van der Waals surface area contributed by atoms with Crippen LogP contribution in [0.4, 0.5) is 0 Å². The van der Waals surface area contributed by atoms with Gasteiger partial charge >= 0.3 is 0 Å². The minimum atomic E-state index is 0.0872. The second-order valence-electron chi connectivity index (χ2n) is 6.22. The summed E-state index contributed by atoms with van der Waals surface area (Å²) in [5.74, 6) is 0.920. The molecule has 3 heteroatoms. The Kier molecular flexibility index (Phi) is 2.77. The van der Waals surface area contributed by atoms with Gasteiger partial charge in [0.1, 0.15) is 0 Å². The Morgan fingerprint density at radius 2 is 2.06 bits per heavy atom. The molecule has 2 bridgehead atoms. The number of hydrogen-bond acceptors (Lipinski definition) is 2. The molecule has 0 aliphatic heterocycles. The smallest absolute Gasteiger partial charge is 0.233 e. The summed E-state index contributed by atoms with van der Waals surface area (Å²) >= 11 is 0. The lowest BCUT2D eigenvalue weighted by Gasteiger charge is -2.39. The summed E-state index contributed by atoms with van der Waals surface area (Å²) in [5, 5.41) is 6.11. The highest BCUT2D eigenvalue weighted by Gasteiger charge is 2.60. The minimum Gasteiger partial charge on any atom is -0.358 e. The van der Waals surface area contributed by atoms with E-state index in [4.69, 9.17) is 0 Å². The monoisotopic (exact) mass is 224 g/mol. The Bertz CT molecular complexity index is 300. The van der Waals surface area contributed by atoms with Gasteiger partial charge < -0.3 is 10.6 Å². The summed E-state index contributed by atoms with van der Waals surface area (Å²) in [6.45, 7) is 7.64. The molecule has 2 aliphatic rings. The number of amides is 1. The standard InChI is InChI=1S/C13H24N2O/c1-12(2)9-5-6-13(12,3)10(7-9)15-8-11(16)14-4/h9-10,15H,5-8H2,1-4H3,(H,14,16)/t9-,10?,13+/m0/s1.